The van der Waals surface area contributed by atoms with Gasteiger partial charge in [-0.3, -0.25) is 14.4 Å². The summed E-state index contributed by atoms with van der Waals surface area (Å²) in [6.45, 7) is 6.67. The van der Waals surface area contributed by atoms with Gasteiger partial charge in [0.15, 0.2) is 6.10 Å². The zero-order valence-corrected chi connectivity index (χ0v) is 48.0. The maximum Gasteiger partial charge on any atom is 0.306 e. The standard InChI is InChI=1S/C65H122O6/c1-4-7-10-13-16-19-22-24-26-27-28-29-30-31-32-33-34-35-36-37-39-40-43-46-49-52-55-58-64(67)70-61-62(60-69-63(66)57-54-51-48-45-42-21-18-15-12-9-6-3)71-65(68)59-56-53-50-47-44-41-38-25-23-20-17-14-11-8-5-2/h25,27-28,38,62H,4-24,26,29-37,39-61H2,1-3H3/b28-27-,38-25-. The lowest BCUT2D eigenvalue weighted by molar-refractivity contribution is -0.167. The smallest absolute Gasteiger partial charge is 0.306 e. The monoisotopic (exact) mass is 999 g/mol. The van der Waals surface area contributed by atoms with Crippen LogP contribution in [0.3, 0.4) is 0 Å². The Bertz CT molecular complexity index is 1150. The predicted octanol–water partition coefficient (Wildman–Crippen LogP) is 21.4. The molecule has 6 heteroatoms. The van der Waals surface area contributed by atoms with E-state index >= 15 is 0 Å². The van der Waals surface area contributed by atoms with Crippen molar-refractivity contribution in [1.29, 1.82) is 0 Å². The van der Waals surface area contributed by atoms with Gasteiger partial charge in [-0.05, 0) is 70.6 Å². The van der Waals surface area contributed by atoms with Crippen LogP contribution in [0.2, 0.25) is 0 Å². The van der Waals surface area contributed by atoms with Crippen LogP contribution in [-0.2, 0) is 28.6 Å². The van der Waals surface area contributed by atoms with E-state index in [9.17, 15) is 14.4 Å². The number of carbonyl (C=O) groups is 3. The number of carbonyl (C=O) groups excluding carboxylic acids is 3. The molecule has 0 amide bonds. The summed E-state index contributed by atoms with van der Waals surface area (Å²) in [7, 11) is 0. The molecule has 0 saturated heterocycles. The third-order valence-corrected chi connectivity index (χ3v) is 14.4. The number of esters is 3. The van der Waals surface area contributed by atoms with Crippen molar-refractivity contribution in [3.63, 3.8) is 0 Å². The highest BCUT2D eigenvalue weighted by atomic mass is 16.6. The highest BCUT2D eigenvalue weighted by Crippen LogP contribution is 2.17. The third kappa shape index (κ3) is 58.7. The maximum atomic E-state index is 12.9. The fourth-order valence-corrected chi connectivity index (χ4v) is 9.61. The second-order valence-corrected chi connectivity index (χ2v) is 21.7. The van der Waals surface area contributed by atoms with Gasteiger partial charge in [0, 0.05) is 19.3 Å². The van der Waals surface area contributed by atoms with Crippen LogP contribution < -0.4 is 0 Å². The Kier molecular flexibility index (Phi) is 58.6. The Morgan fingerprint density at radius 2 is 0.465 bits per heavy atom. The molecule has 0 aromatic rings. The molecule has 0 fully saturated rings. The normalized spacial score (nSPS) is 12.1. The second kappa shape index (κ2) is 60.4. The van der Waals surface area contributed by atoms with Crippen LogP contribution in [-0.4, -0.2) is 37.2 Å². The highest BCUT2D eigenvalue weighted by Gasteiger charge is 2.19. The van der Waals surface area contributed by atoms with Crippen LogP contribution in [0.4, 0.5) is 0 Å². The molecule has 0 heterocycles. The molecule has 0 aliphatic rings. The fourth-order valence-electron chi connectivity index (χ4n) is 9.61. The molecule has 0 rings (SSSR count). The lowest BCUT2D eigenvalue weighted by Crippen LogP contribution is -2.30. The minimum atomic E-state index is -0.771. The van der Waals surface area contributed by atoms with Gasteiger partial charge in [-0.2, -0.15) is 0 Å². The van der Waals surface area contributed by atoms with E-state index < -0.39 is 6.10 Å². The van der Waals surface area contributed by atoms with Crippen molar-refractivity contribution < 1.29 is 28.6 Å². The molecule has 0 spiro atoms. The summed E-state index contributed by atoms with van der Waals surface area (Å²) in [5, 5.41) is 0. The van der Waals surface area contributed by atoms with Gasteiger partial charge in [-0.25, -0.2) is 0 Å². The quantitative estimate of drug-likeness (QED) is 0.0261. The van der Waals surface area contributed by atoms with Crippen molar-refractivity contribution in [1.82, 2.24) is 0 Å². The van der Waals surface area contributed by atoms with Crippen molar-refractivity contribution in [3.05, 3.63) is 24.3 Å². The first-order valence-electron chi connectivity index (χ1n) is 31.8. The summed E-state index contributed by atoms with van der Waals surface area (Å²) in [6, 6.07) is 0. The van der Waals surface area contributed by atoms with E-state index in [0.29, 0.717) is 19.3 Å². The van der Waals surface area contributed by atoms with E-state index in [2.05, 4.69) is 45.1 Å². The number of unbranched alkanes of at least 4 members (excludes halogenated alkanes) is 44. The summed E-state index contributed by atoms with van der Waals surface area (Å²) < 4.78 is 16.9. The summed E-state index contributed by atoms with van der Waals surface area (Å²) >= 11 is 0. The number of hydrogen-bond donors (Lipinski definition) is 0. The largest absolute Gasteiger partial charge is 0.462 e. The molecule has 0 aliphatic heterocycles. The Hall–Kier alpha value is -2.11. The van der Waals surface area contributed by atoms with Crippen LogP contribution in [0.5, 0.6) is 0 Å². The second-order valence-electron chi connectivity index (χ2n) is 21.7. The first kappa shape index (κ1) is 68.9. The number of allylic oxidation sites excluding steroid dienone is 4. The zero-order chi connectivity index (χ0) is 51.4. The molecule has 0 radical (unpaired) electrons. The van der Waals surface area contributed by atoms with Gasteiger partial charge in [0.1, 0.15) is 13.2 Å². The van der Waals surface area contributed by atoms with Gasteiger partial charge in [0.25, 0.3) is 0 Å². The zero-order valence-electron chi connectivity index (χ0n) is 48.0. The number of ether oxygens (including phenoxy) is 3. The van der Waals surface area contributed by atoms with E-state index in [1.54, 1.807) is 0 Å². The molecule has 1 unspecified atom stereocenters. The van der Waals surface area contributed by atoms with Crippen LogP contribution in [0.25, 0.3) is 0 Å². The Morgan fingerprint density at radius 1 is 0.268 bits per heavy atom. The molecule has 1 atom stereocenters. The molecule has 0 aromatic heterocycles. The topological polar surface area (TPSA) is 78.9 Å². The molecule has 0 saturated carbocycles. The number of rotatable bonds is 59. The first-order valence-corrected chi connectivity index (χ1v) is 31.8. The van der Waals surface area contributed by atoms with E-state index in [1.165, 1.54) is 250 Å². The van der Waals surface area contributed by atoms with Crippen molar-refractivity contribution in [2.24, 2.45) is 0 Å². The molecule has 418 valence electrons. The fraction of sp³-hybridized carbons (Fsp3) is 0.892. The van der Waals surface area contributed by atoms with E-state index in [4.69, 9.17) is 14.2 Å². The third-order valence-electron chi connectivity index (χ3n) is 14.4. The number of hydrogen-bond acceptors (Lipinski definition) is 6. The molecule has 0 aliphatic carbocycles. The molecule has 0 N–H and O–H groups in total. The average Bonchev–Trinajstić information content (AvgIpc) is 3.37. The minimum absolute atomic E-state index is 0.0694. The van der Waals surface area contributed by atoms with Crippen LogP contribution in [0.15, 0.2) is 24.3 Å². The average molecular weight is 1000 g/mol. The molecule has 0 aromatic carbocycles. The van der Waals surface area contributed by atoms with Crippen LogP contribution in [0, 0.1) is 0 Å². The predicted molar refractivity (Wildman–Crippen MR) is 307 cm³/mol. The summed E-state index contributed by atoms with van der Waals surface area (Å²) in [6.07, 6.45) is 72.0. The van der Waals surface area contributed by atoms with Crippen molar-refractivity contribution in [3.8, 4) is 0 Å². The van der Waals surface area contributed by atoms with Gasteiger partial charge in [-0.15, -0.1) is 0 Å². The van der Waals surface area contributed by atoms with Crippen LogP contribution in [0.1, 0.15) is 355 Å². The van der Waals surface area contributed by atoms with Crippen molar-refractivity contribution >= 4 is 17.9 Å². The van der Waals surface area contributed by atoms with E-state index in [-0.39, 0.29) is 31.1 Å². The SMILES string of the molecule is CCCCCCCC/C=C\CCCCCCCC(=O)OC(COC(=O)CCCCCCCCCCCCC)COC(=O)CCCCCCCCCCCCCCCCC/C=C\CCCCCCCCCC. The summed E-state index contributed by atoms with van der Waals surface area (Å²) in [5.41, 5.74) is 0. The van der Waals surface area contributed by atoms with Gasteiger partial charge >= 0.3 is 17.9 Å². The van der Waals surface area contributed by atoms with Crippen LogP contribution >= 0.6 is 0 Å². The lowest BCUT2D eigenvalue weighted by atomic mass is 10.0. The molecular weight excluding hydrogens is 877 g/mol. The molecule has 6 nitrogen and oxygen atoms in total. The highest BCUT2D eigenvalue weighted by molar-refractivity contribution is 5.71. The van der Waals surface area contributed by atoms with Gasteiger partial charge in [0.05, 0.1) is 0 Å². The van der Waals surface area contributed by atoms with Crippen molar-refractivity contribution in [2.75, 3.05) is 13.2 Å². The van der Waals surface area contributed by atoms with E-state index in [0.717, 1.165) is 64.2 Å². The Balaban J connectivity index is 4.15. The van der Waals surface area contributed by atoms with Crippen molar-refractivity contribution in [2.45, 2.75) is 361 Å². The van der Waals surface area contributed by atoms with Gasteiger partial charge < -0.3 is 14.2 Å². The van der Waals surface area contributed by atoms with Gasteiger partial charge in [0.2, 0.25) is 0 Å². The Labute approximate surface area is 443 Å². The molecular formula is C65H122O6. The Morgan fingerprint density at radius 3 is 0.704 bits per heavy atom. The summed E-state index contributed by atoms with van der Waals surface area (Å²) in [5.74, 6) is -0.856. The molecule has 0 bridgehead atoms. The van der Waals surface area contributed by atoms with E-state index in [1.807, 2.05) is 0 Å². The summed E-state index contributed by atoms with van der Waals surface area (Å²) in [4.78, 5) is 38.2. The first-order chi connectivity index (χ1) is 35.0. The maximum absolute atomic E-state index is 12.9. The molecule has 71 heavy (non-hydrogen) atoms. The minimum Gasteiger partial charge on any atom is -0.462 e. The van der Waals surface area contributed by atoms with Gasteiger partial charge in [-0.1, -0.05) is 289 Å². The lowest BCUT2D eigenvalue weighted by Gasteiger charge is -2.18.